The van der Waals surface area contributed by atoms with Gasteiger partial charge in [0, 0.05) is 4.88 Å². The monoisotopic (exact) mass is 468 g/mol. The number of rotatable bonds is 6. The van der Waals surface area contributed by atoms with Crippen LogP contribution >= 0.6 is 23.1 Å². The molecule has 0 fully saturated rings. The van der Waals surface area contributed by atoms with Crippen LogP contribution in [0.15, 0.2) is 38.7 Å². The lowest BCUT2D eigenvalue weighted by atomic mass is 9.89. The van der Waals surface area contributed by atoms with E-state index in [0.29, 0.717) is 22.9 Å². The Kier molecular flexibility index (Phi) is 5.77. The maximum Gasteiger partial charge on any atom is 0.277 e. The molecule has 0 aliphatic heterocycles. The molecule has 1 aromatic carbocycles. The van der Waals surface area contributed by atoms with Gasteiger partial charge in [-0.05, 0) is 62.3 Å². The number of fused-ring (bicyclic) bond motifs is 3. The van der Waals surface area contributed by atoms with Crippen molar-refractivity contribution in [1.82, 2.24) is 20.2 Å². The summed E-state index contributed by atoms with van der Waals surface area (Å²) in [6.45, 7) is 6.44. The fraction of sp³-hybridized carbons (Fsp3) is 0.391. The van der Waals surface area contributed by atoms with Crippen LogP contribution in [0, 0.1) is 12.8 Å². The van der Waals surface area contributed by atoms with Crippen molar-refractivity contribution in [3.05, 3.63) is 62.3 Å². The van der Waals surface area contributed by atoms with Crippen molar-refractivity contribution in [3.8, 4) is 5.75 Å². The van der Waals surface area contributed by atoms with E-state index in [9.17, 15) is 4.79 Å². The SMILES string of the molecule is Cc1cccc(OCc2nnc(SC(C)c3nc4sc5c(c4c(=O)[nH]3)CCC(C)C5)o2)c1. The molecule has 0 radical (unpaired) electrons. The van der Waals surface area contributed by atoms with E-state index in [4.69, 9.17) is 14.1 Å². The van der Waals surface area contributed by atoms with E-state index in [1.165, 1.54) is 22.2 Å². The van der Waals surface area contributed by atoms with E-state index in [0.717, 1.165) is 40.8 Å². The molecular formula is C23H24N4O3S2. The summed E-state index contributed by atoms with van der Waals surface area (Å²) in [7, 11) is 0. The number of H-pyrrole nitrogens is 1. The number of nitrogens with one attached hydrogen (secondary N) is 1. The summed E-state index contributed by atoms with van der Waals surface area (Å²) >= 11 is 3.03. The third kappa shape index (κ3) is 4.31. The Morgan fingerprint density at radius 2 is 2.25 bits per heavy atom. The highest BCUT2D eigenvalue weighted by Gasteiger charge is 2.24. The highest BCUT2D eigenvalue weighted by atomic mass is 32.2. The third-order valence-electron chi connectivity index (χ3n) is 5.65. The molecule has 3 heterocycles. The van der Waals surface area contributed by atoms with Crippen LogP contribution in [0.1, 0.15) is 53.2 Å². The Balaban J connectivity index is 1.30. The maximum atomic E-state index is 12.9. The molecule has 9 heteroatoms. The number of nitrogens with zero attached hydrogens (tertiary/aromatic N) is 3. The largest absolute Gasteiger partial charge is 0.484 e. The molecule has 2 unspecified atom stereocenters. The first-order chi connectivity index (χ1) is 15.5. The molecule has 7 nitrogen and oxygen atoms in total. The molecule has 4 aromatic rings. The van der Waals surface area contributed by atoms with Crippen molar-refractivity contribution in [3.63, 3.8) is 0 Å². The standard InChI is InChI=1S/C23H24N4O3S2/c1-12-5-4-6-15(9-12)29-11-18-26-27-23(30-18)31-14(3)20-24-21(28)19-16-8-7-13(2)10-17(16)32-22(19)25-20/h4-6,9,13-14H,7-8,10-11H2,1-3H3,(H,24,25,28). The number of thioether (sulfide) groups is 1. The van der Waals surface area contributed by atoms with E-state index in [-0.39, 0.29) is 17.4 Å². The zero-order valence-electron chi connectivity index (χ0n) is 18.2. The number of hydrogen-bond donors (Lipinski definition) is 1. The number of aromatic amines is 1. The highest BCUT2D eigenvalue weighted by molar-refractivity contribution is 7.99. The first-order valence-corrected chi connectivity index (χ1v) is 12.4. The van der Waals surface area contributed by atoms with Gasteiger partial charge in [-0.3, -0.25) is 4.79 Å². The normalized spacial score (nSPS) is 16.8. The minimum atomic E-state index is -0.142. The quantitative estimate of drug-likeness (QED) is 0.387. The van der Waals surface area contributed by atoms with Gasteiger partial charge < -0.3 is 14.1 Å². The molecule has 0 saturated heterocycles. The minimum absolute atomic E-state index is 0.0534. The van der Waals surface area contributed by atoms with Crippen LogP contribution in [0.4, 0.5) is 0 Å². The van der Waals surface area contributed by atoms with E-state index in [1.807, 2.05) is 38.1 Å². The molecule has 1 aliphatic rings. The number of thiophene rings is 1. The topological polar surface area (TPSA) is 93.9 Å². The highest BCUT2D eigenvalue weighted by Crippen LogP contribution is 2.37. The van der Waals surface area contributed by atoms with E-state index in [2.05, 4.69) is 22.1 Å². The van der Waals surface area contributed by atoms with Crippen LogP contribution in [0.3, 0.4) is 0 Å². The van der Waals surface area contributed by atoms with Gasteiger partial charge in [0.15, 0.2) is 6.61 Å². The Morgan fingerprint density at radius 1 is 1.38 bits per heavy atom. The molecular weight excluding hydrogens is 444 g/mol. The molecule has 32 heavy (non-hydrogen) atoms. The number of benzene rings is 1. The molecule has 1 aliphatic carbocycles. The molecule has 0 bridgehead atoms. The van der Waals surface area contributed by atoms with Gasteiger partial charge in [-0.15, -0.1) is 21.5 Å². The van der Waals surface area contributed by atoms with Gasteiger partial charge in [-0.2, -0.15) is 0 Å². The van der Waals surface area contributed by atoms with Crippen molar-refractivity contribution in [1.29, 1.82) is 0 Å². The summed E-state index contributed by atoms with van der Waals surface area (Å²) in [6, 6.07) is 7.80. The van der Waals surface area contributed by atoms with Crippen LogP contribution in [-0.2, 0) is 19.4 Å². The first-order valence-electron chi connectivity index (χ1n) is 10.7. The second-order valence-electron chi connectivity index (χ2n) is 8.31. The number of hydrogen-bond acceptors (Lipinski definition) is 8. The van der Waals surface area contributed by atoms with Crippen LogP contribution in [0.5, 0.6) is 5.75 Å². The van der Waals surface area contributed by atoms with Crippen molar-refractivity contribution >= 4 is 33.3 Å². The van der Waals surface area contributed by atoms with Crippen LogP contribution < -0.4 is 10.3 Å². The molecule has 2 atom stereocenters. The maximum absolute atomic E-state index is 12.9. The summed E-state index contributed by atoms with van der Waals surface area (Å²) in [4.78, 5) is 22.8. The fourth-order valence-corrected chi connectivity index (χ4v) is 6.11. The predicted octanol–water partition coefficient (Wildman–Crippen LogP) is 5.23. The summed E-state index contributed by atoms with van der Waals surface area (Å²) in [5.41, 5.74) is 2.26. The van der Waals surface area contributed by atoms with E-state index in [1.54, 1.807) is 11.3 Å². The van der Waals surface area contributed by atoms with Crippen LogP contribution in [-0.4, -0.2) is 20.2 Å². The fourth-order valence-electron chi connectivity index (χ4n) is 3.96. The van der Waals surface area contributed by atoms with Gasteiger partial charge in [0.2, 0.25) is 0 Å². The van der Waals surface area contributed by atoms with Crippen molar-refractivity contribution in [2.24, 2.45) is 5.92 Å². The summed E-state index contributed by atoms with van der Waals surface area (Å²) in [6.07, 6.45) is 3.12. The summed E-state index contributed by atoms with van der Waals surface area (Å²) in [5, 5.41) is 9.22. The smallest absolute Gasteiger partial charge is 0.277 e. The molecule has 0 saturated carbocycles. The van der Waals surface area contributed by atoms with Crippen LogP contribution in [0.2, 0.25) is 0 Å². The second kappa shape index (κ2) is 8.71. The van der Waals surface area contributed by atoms with Gasteiger partial charge in [0.05, 0.1) is 10.6 Å². The molecule has 166 valence electrons. The van der Waals surface area contributed by atoms with Gasteiger partial charge in [-0.25, -0.2) is 4.98 Å². The van der Waals surface area contributed by atoms with Gasteiger partial charge >= 0.3 is 0 Å². The number of aryl methyl sites for hydroxylation is 2. The number of aromatic nitrogens is 4. The lowest BCUT2D eigenvalue weighted by molar-refractivity contribution is 0.252. The van der Waals surface area contributed by atoms with E-state index < -0.39 is 0 Å². The van der Waals surface area contributed by atoms with Crippen molar-refractivity contribution in [2.45, 2.75) is 57.1 Å². The van der Waals surface area contributed by atoms with Gasteiger partial charge in [0.1, 0.15) is 16.4 Å². The average molecular weight is 469 g/mol. The predicted molar refractivity (Wildman–Crippen MR) is 126 cm³/mol. The number of ether oxygens (including phenoxy) is 1. The Hall–Kier alpha value is -2.65. The molecule has 0 spiro atoms. The average Bonchev–Trinajstić information content (AvgIpc) is 3.35. The Morgan fingerprint density at radius 3 is 3.09 bits per heavy atom. The zero-order valence-corrected chi connectivity index (χ0v) is 19.8. The minimum Gasteiger partial charge on any atom is -0.484 e. The van der Waals surface area contributed by atoms with E-state index >= 15 is 0 Å². The molecule has 3 aromatic heterocycles. The zero-order chi connectivity index (χ0) is 22.2. The van der Waals surface area contributed by atoms with Crippen LogP contribution in [0.25, 0.3) is 10.2 Å². The lowest BCUT2D eigenvalue weighted by Gasteiger charge is -2.17. The first kappa shape index (κ1) is 21.2. The Bertz CT molecular complexity index is 1330. The summed E-state index contributed by atoms with van der Waals surface area (Å²) < 4.78 is 11.4. The molecule has 0 amide bonds. The third-order valence-corrected chi connectivity index (χ3v) is 7.74. The molecule has 5 rings (SSSR count). The second-order valence-corrected chi connectivity index (χ2v) is 10.7. The van der Waals surface area contributed by atoms with Gasteiger partial charge in [0.25, 0.3) is 16.7 Å². The summed E-state index contributed by atoms with van der Waals surface area (Å²) in [5.74, 6) is 2.44. The lowest BCUT2D eigenvalue weighted by Crippen LogP contribution is -2.15. The van der Waals surface area contributed by atoms with Crippen molar-refractivity contribution in [2.75, 3.05) is 0 Å². The molecule has 1 N–H and O–H groups in total. The van der Waals surface area contributed by atoms with Crippen molar-refractivity contribution < 1.29 is 9.15 Å². The Labute approximate surface area is 193 Å². The van der Waals surface area contributed by atoms with Gasteiger partial charge in [-0.1, -0.05) is 30.8 Å².